The highest BCUT2D eigenvalue weighted by Crippen LogP contribution is 2.29. The summed E-state index contributed by atoms with van der Waals surface area (Å²) < 4.78 is 51.5. The van der Waals surface area contributed by atoms with Crippen molar-refractivity contribution in [2.45, 2.75) is 70.0 Å². The Hall–Kier alpha value is -3.97. The number of hydrogen-bond acceptors (Lipinski definition) is 8. The summed E-state index contributed by atoms with van der Waals surface area (Å²) in [7, 11) is -3.94. The van der Waals surface area contributed by atoms with E-state index >= 15 is 0 Å². The maximum absolute atomic E-state index is 13.8. The van der Waals surface area contributed by atoms with Crippen LogP contribution in [0.25, 0.3) is 0 Å². The van der Waals surface area contributed by atoms with Gasteiger partial charge in [0.2, 0.25) is 5.91 Å². The number of nitrogens with one attached hydrogen (secondary N) is 2. The smallest absolute Gasteiger partial charge is 0.408 e. The number of fused-ring (bicyclic) bond motifs is 1. The fourth-order valence-electron chi connectivity index (χ4n) is 4.67. The molecule has 4 rings (SSSR count). The van der Waals surface area contributed by atoms with Crippen molar-refractivity contribution in [3.8, 4) is 0 Å². The lowest BCUT2D eigenvalue weighted by atomic mass is 10.0. The molecule has 0 bridgehead atoms. The van der Waals surface area contributed by atoms with E-state index in [1.165, 1.54) is 12.1 Å². The Morgan fingerprint density at radius 3 is 2.39 bits per heavy atom. The minimum Gasteiger partial charge on any atom is -0.466 e. The van der Waals surface area contributed by atoms with Crippen LogP contribution in [0.3, 0.4) is 0 Å². The van der Waals surface area contributed by atoms with Crippen molar-refractivity contribution in [1.29, 1.82) is 0 Å². The number of thiophene rings is 1. The number of amides is 2. The van der Waals surface area contributed by atoms with Crippen molar-refractivity contribution in [2.75, 3.05) is 17.9 Å². The Morgan fingerprint density at radius 2 is 1.75 bits per heavy atom. The largest absolute Gasteiger partial charge is 0.466 e. The highest BCUT2D eigenvalue weighted by atomic mass is 32.2. The Bertz CT molecular complexity index is 1600. The van der Waals surface area contributed by atoms with E-state index in [4.69, 9.17) is 9.47 Å². The number of ether oxygens (including phenoxy) is 2. The highest BCUT2D eigenvalue weighted by Gasteiger charge is 2.31. The molecule has 3 aromatic rings. The van der Waals surface area contributed by atoms with Gasteiger partial charge < -0.3 is 19.7 Å². The molecular formula is C31H36FN3O7S2. The van der Waals surface area contributed by atoms with E-state index in [-0.39, 0.29) is 35.3 Å². The van der Waals surface area contributed by atoms with Gasteiger partial charge in [-0.2, -0.15) is 0 Å². The summed E-state index contributed by atoms with van der Waals surface area (Å²) in [5.41, 5.74) is 1.14. The molecule has 1 aromatic heterocycles. The second-order valence-electron chi connectivity index (χ2n) is 11.3. The quantitative estimate of drug-likeness (QED) is 0.303. The van der Waals surface area contributed by atoms with Crippen molar-refractivity contribution < 1.29 is 36.7 Å². The molecule has 0 saturated heterocycles. The van der Waals surface area contributed by atoms with Gasteiger partial charge in [0.15, 0.2) is 0 Å². The maximum atomic E-state index is 13.8. The summed E-state index contributed by atoms with van der Waals surface area (Å²) in [4.78, 5) is 42.0. The van der Waals surface area contributed by atoms with Crippen molar-refractivity contribution in [3.05, 3.63) is 81.3 Å². The summed E-state index contributed by atoms with van der Waals surface area (Å²) in [6, 6.07) is 11.9. The number of alkyl carbamates (subject to hydrolysis) is 1. The first-order valence-electron chi connectivity index (χ1n) is 14.1. The van der Waals surface area contributed by atoms with E-state index < -0.39 is 33.6 Å². The molecular weight excluding hydrogens is 609 g/mol. The number of anilines is 1. The first kappa shape index (κ1) is 32.9. The topological polar surface area (TPSA) is 131 Å². The van der Waals surface area contributed by atoms with Gasteiger partial charge in [-0.05, 0) is 87.7 Å². The second-order valence-corrected chi connectivity index (χ2v) is 14.2. The van der Waals surface area contributed by atoms with Crippen LogP contribution in [0.2, 0.25) is 0 Å². The molecule has 0 aliphatic carbocycles. The normalized spacial score (nSPS) is 13.9. The van der Waals surface area contributed by atoms with Crippen LogP contribution in [0.5, 0.6) is 0 Å². The first-order valence-corrected chi connectivity index (χ1v) is 16.4. The van der Waals surface area contributed by atoms with E-state index in [1.807, 2.05) is 6.07 Å². The van der Waals surface area contributed by atoms with E-state index in [0.717, 1.165) is 27.5 Å². The molecule has 0 saturated carbocycles. The summed E-state index contributed by atoms with van der Waals surface area (Å²) in [5, 5.41) is 2.71. The van der Waals surface area contributed by atoms with Crippen molar-refractivity contribution >= 4 is 45.0 Å². The van der Waals surface area contributed by atoms with Crippen molar-refractivity contribution in [2.24, 2.45) is 0 Å². The van der Waals surface area contributed by atoms with E-state index in [9.17, 15) is 27.2 Å². The van der Waals surface area contributed by atoms with Gasteiger partial charge in [-0.25, -0.2) is 17.6 Å². The number of esters is 1. The summed E-state index contributed by atoms with van der Waals surface area (Å²) in [5.74, 6) is -1.13. The molecule has 13 heteroatoms. The SMILES string of the molecule is CCOC(=O)Cc1cc2c(s1)CCN(C(=O)[C@H](Cc1ccc(NS(=O)(=O)c3ccc(F)cc3)cc1)NC(=O)OC(C)(C)C)C2. The Morgan fingerprint density at radius 1 is 1.07 bits per heavy atom. The zero-order valence-electron chi connectivity index (χ0n) is 25.0. The Balaban J connectivity index is 1.48. The molecule has 2 N–H and O–H groups in total. The van der Waals surface area contributed by atoms with E-state index in [2.05, 4.69) is 10.0 Å². The third kappa shape index (κ3) is 9.02. The number of rotatable bonds is 10. The van der Waals surface area contributed by atoms with Gasteiger partial charge in [0, 0.05) is 35.0 Å². The van der Waals surface area contributed by atoms with Crippen molar-refractivity contribution in [1.82, 2.24) is 10.2 Å². The van der Waals surface area contributed by atoms with Gasteiger partial charge in [-0.1, -0.05) is 12.1 Å². The average molecular weight is 646 g/mol. The molecule has 0 unspecified atom stereocenters. The molecule has 236 valence electrons. The fourth-order valence-corrected chi connectivity index (χ4v) is 6.88. The molecule has 1 aliphatic heterocycles. The number of carbonyl (C=O) groups is 3. The molecule has 10 nitrogen and oxygen atoms in total. The maximum Gasteiger partial charge on any atom is 0.408 e. The minimum atomic E-state index is -3.94. The zero-order valence-corrected chi connectivity index (χ0v) is 26.6. The Labute approximate surface area is 260 Å². The van der Waals surface area contributed by atoms with E-state index in [1.54, 1.807) is 68.2 Å². The van der Waals surface area contributed by atoms with Crippen LogP contribution < -0.4 is 10.0 Å². The molecule has 0 radical (unpaired) electrons. The second kappa shape index (κ2) is 13.8. The van der Waals surface area contributed by atoms with Gasteiger partial charge >= 0.3 is 12.1 Å². The number of sulfonamides is 1. The summed E-state index contributed by atoms with van der Waals surface area (Å²) in [6.07, 6.45) is 0.198. The predicted octanol–water partition coefficient (Wildman–Crippen LogP) is 4.81. The standard InChI is InChI=1S/C31H36FN3O7S2/c1-5-41-28(36)18-24-17-21-19-35(15-14-27(21)43-24)29(37)26(33-30(38)42-31(2,3)4)16-20-6-10-23(11-7-20)34-44(39,40)25-12-8-22(32)9-13-25/h6-13,17,26,34H,5,14-16,18-19H2,1-4H3,(H,33,38)/t26-/m0/s1. The van der Waals surface area contributed by atoms with E-state index in [0.29, 0.717) is 31.7 Å². The molecule has 0 spiro atoms. The molecule has 2 aromatic carbocycles. The first-order chi connectivity index (χ1) is 20.7. The monoisotopic (exact) mass is 645 g/mol. The lowest BCUT2D eigenvalue weighted by Crippen LogP contribution is -2.51. The molecule has 2 heterocycles. The van der Waals surface area contributed by atoms with Gasteiger partial charge in [0.25, 0.3) is 10.0 Å². The van der Waals surface area contributed by atoms with Crippen LogP contribution in [0.15, 0.2) is 59.5 Å². The molecule has 1 aliphatic rings. The molecule has 1 atom stereocenters. The molecule has 44 heavy (non-hydrogen) atoms. The van der Waals surface area contributed by atoms with Crippen LogP contribution in [-0.2, 0) is 54.9 Å². The fraction of sp³-hybridized carbons (Fsp3) is 0.387. The average Bonchev–Trinajstić information content (AvgIpc) is 3.34. The van der Waals surface area contributed by atoms with Crippen LogP contribution >= 0.6 is 11.3 Å². The number of carbonyl (C=O) groups excluding carboxylic acids is 3. The van der Waals surface area contributed by atoms with Gasteiger partial charge in [0.1, 0.15) is 17.5 Å². The summed E-state index contributed by atoms with van der Waals surface area (Å²) >= 11 is 1.54. The van der Waals surface area contributed by atoms with Crippen LogP contribution in [0.1, 0.15) is 48.6 Å². The predicted molar refractivity (Wildman–Crippen MR) is 164 cm³/mol. The summed E-state index contributed by atoms with van der Waals surface area (Å²) in [6.45, 7) is 8.04. The minimum absolute atomic E-state index is 0.0847. The number of benzene rings is 2. The molecule has 0 fully saturated rings. The number of hydrogen-bond donors (Lipinski definition) is 2. The zero-order chi connectivity index (χ0) is 32.1. The number of nitrogens with zero attached hydrogens (tertiary/aromatic N) is 1. The van der Waals surface area contributed by atoms with Crippen LogP contribution in [0, 0.1) is 5.82 Å². The van der Waals surface area contributed by atoms with Crippen LogP contribution in [-0.4, -0.2) is 56.1 Å². The van der Waals surface area contributed by atoms with Crippen LogP contribution in [0.4, 0.5) is 14.9 Å². The third-order valence-electron chi connectivity index (χ3n) is 6.61. The third-order valence-corrected chi connectivity index (χ3v) is 9.25. The van der Waals surface area contributed by atoms with Gasteiger partial charge in [0.05, 0.1) is 17.9 Å². The molecule has 2 amide bonds. The lowest BCUT2D eigenvalue weighted by molar-refractivity contribution is -0.142. The highest BCUT2D eigenvalue weighted by molar-refractivity contribution is 7.92. The van der Waals surface area contributed by atoms with Crippen molar-refractivity contribution in [3.63, 3.8) is 0 Å². The van der Waals surface area contributed by atoms with Gasteiger partial charge in [-0.15, -0.1) is 11.3 Å². The lowest BCUT2D eigenvalue weighted by Gasteiger charge is -2.31. The Kier molecular flexibility index (Phi) is 10.3. The van der Waals surface area contributed by atoms with Gasteiger partial charge in [-0.3, -0.25) is 14.3 Å². The number of halogens is 1.